The first-order valence-corrected chi connectivity index (χ1v) is 5.45. The van der Waals surface area contributed by atoms with E-state index in [9.17, 15) is 0 Å². The molecular formula is C11H10BrNO2. The maximum absolute atomic E-state index is 5.26. The summed E-state index contributed by atoms with van der Waals surface area (Å²) >= 11 is 3.41. The number of halogens is 1. The van der Waals surface area contributed by atoms with Crippen LogP contribution in [-0.4, -0.2) is 11.8 Å². The highest BCUT2D eigenvalue weighted by atomic mass is 79.9. The molecule has 0 aliphatic rings. The standard InChI is InChI=1S/C11H10BrNO2/c1-2-14-11-9(12)10(13-15-11)8-6-4-3-5-7-8/h3-7H,2H2,1H3. The normalized spacial score (nSPS) is 10.3. The van der Waals surface area contributed by atoms with Gasteiger partial charge in [-0.25, -0.2) is 0 Å². The first-order valence-electron chi connectivity index (χ1n) is 4.66. The van der Waals surface area contributed by atoms with Gasteiger partial charge in [-0.1, -0.05) is 35.5 Å². The maximum atomic E-state index is 5.26. The predicted octanol–water partition coefficient (Wildman–Crippen LogP) is 3.50. The molecule has 3 nitrogen and oxygen atoms in total. The van der Waals surface area contributed by atoms with E-state index in [-0.39, 0.29) is 0 Å². The first-order chi connectivity index (χ1) is 7.33. The molecule has 0 radical (unpaired) electrons. The number of ether oxygens (including phenoxy) is 1. The Labute approximate surface area is 96.2 Å². The van der Waals surface area contributed by atoms with Gasteiger partial charge < -0.3 is 9.26 Å². The Balaban J connectivity index is 2.38. The summed E-state index contributed by atoms with van der Waals surface area (Å²) in [5.41, 5.74) is 1.76. The van der Waals surface area contributed by atoms with Gasteiger partial charge in [0, 0.05) is 5.56 Å². The van der Waals surface area contributed by atoms with Crippen LogP contribution >= 0.6 is 15.9 Å². The fraction of sp³-hybridized carbons (Fsp3) is 0.182. The van der Waals surface area contributed by atoms with Crippen molar-refractivity contribution in [2.45, 2.75) is 6.92 Å². The Morgan fingerprint density at radius 2 is 2.07 bits per heavy atom. The van der Waals surface area contributed by atoms with E-state index in [1.807, 2.05) is 37.3 Å². The SMILES string of the molecule is CCOc1onc(-c2ccccc2)c1Br. The van der Waals surface area contributed by atoms with Crippen molar-refractivity contribution < 1.29 is 9.26 Å². The molecule has 1 heterocycles. The Morgan fingerprint density at radius 3 is 2.73 bits per heavy atom. The molecule has 0 saturated carbocycles. The topological polar surface area (TPSA) is 35.3 Å². The van der Waals surface area contributed by atoms with Crippen LogP contribution in [0.1, 0.15) is 6.92 Å². The van der Waals surface area contributed by atoms with E-state index in [0.717, 1.165) is 15.7 Å². The van der Waals surface area contributed by atoms with Gasteiger partial charge in [-0.05, 0) is 22.9 Å². The number of aromatic nitrogens is 1. The van der Waals surface area contributed by atoms with E-state index in [1.54, 1.807) is 0 Å². The van der Waals surface area contributed by atoms with Gasteiger partial charge in [0.1, 0.15) is 10.2 Å². The van der Waals surface area contributed by atoms with Crippen LogP contribution in [0.3, 0.4) is 0 Å². The second-order valence-corrected chi connectivity index (χ2v) is 3.72. The summed E-state index contributed by atoms with van der Waals surface area (Å²) < 4.78 is 11.1. The summed E-state index contributed by atoms with van der Waals surface area (Å²) in [6, 6.07) is 9.81. The molecule has 78 valence electrons. The zero-order valence-corrected chi connectivity index (χ0v) is 9.82. The van der Waals surface area contributed by atoms with Crippen LogP contribution in [0.5, 0.6) is 5.95 Å². The highest BCUT2D eigenvalue weighted by Crippen LogP contribution is 2.34. The number of hydrogen-bond donors (Lipinski definition) is 0. The van der Waals surface area contributed by atoms with Crippen molar-refractivity contribution in [3.05, 3.63) is 34.8 Å². The average molecular weight is 268 g/mol. The summed E-state index contributed by atoms with van der Waals surface area (Å²) in [6.07, 6.45) is 0. The van der Waals surface area contributed by atoms with Crippen LogP contribution < -0.4 is 4.74 Å². The molecule has 0 unspecified atom stereocenters. The van der Waals surface area contributed by atoms with Crippen molar-refractivity contribution in [2.24, 2.45) is 0 Å². The van der Waals surface area contributed by atoms with Gasteiger partial charge in [-0.15, -0.1) is 0 Å². The lowest BCUT2D eigenvalue weighted by Gasteiger charge is -1.97. The minimum atomic E-state index is 0.427. The van der Waals surface area contributed by atoms with Crippen molar-refractivity contribution in [1.29, 1.82) is 0 Å². The van der Waals surface area contributed by atoms with Crippen molar-refractivity contribution in [3.8, 4) is 17.2 Å². The lowest BCUT2D eigenvalue weighted by Crippen LogP contribution is -1.89. The third kappa shape index (κ3) is 2.04. The van der Waals surface area contributed by atoms with Gasteiger partial charge in [0.25, 0.3) is 0 Å². The molecule has 0 spiro atoms. The molecule has 0 bridgehead atoms. The van der Waals surface area contributed by atoms with Crippen molar-refractivity contribution in [1.82, 2.24) is 5.16 Å². The largest absolute Gasteiger partial charge is 0.463 e. The second-order valence-electron chi connectivity index (χ2n) is 2.93. The number of rotatable bonds is 3. The van der Waals surface area contributed by atoms with Gasteiger partial charge in [-0.2, -0.15) is 0 Å². The molecule has 2 aromatic rings. The summed E-state index contributed by atoms with van der Waals surface area (Å²) in [5.74, 6) is 0.427. The van der Waals surface area contributed by atoms with Crippen molar-refractivity contribution in [2.75, 3.05) is 6.61 Å². The maximum Gasteiger partial charge on any atom is 0.326 e. The minimum absolute atomic E-state index is 0.427. The zero-order valence-electron chi connectivity index (χ0n) is 8.24. The fourth-order valence-electron chi connectivity index (χ4n) is 1.26. The molecule has 0 N–H and O–H groups in total. The third-order valence-corrected chi connectivity index (χ3v) is 2.63. The van der Waals surface area contributed by atoms with Gasteiger partial charge in [-0.3, -0.25) is 0 Å². The second kappa shape index (κ2) is 4.49. The molecule has 0 amide bonds. The van der Waals surface area contributed by atoms with Gasteiger partial charge >= 0.3 is 5.95 Å². The quantitative estimate of drug-likeness (QED) is 0.854. The molecule has 0 fully saturated rings. The lowest BCUT2D eigenvalue weighted by molar-refractivity contribution is 0.224. The molecular weight excluding hydrogens is 258 g/mol. The summed E-state index contributed by atoms with van der Waals surface area (Å²) in [6.45, 7) is 2.46. The molecule has 0 saturated heterocycles. The third-order valence-electron chi connectivity index (χ3n) is 1.93. The Hall–Kier alpha value is -1.29. The first kappa shape index (κ1) is 10.2. The number of benzene rings is 1. The van der Waals surface area contributed by atoms with E-state index in [2.05, 4.69) is 21.1 Å². The minimum Gasteiger partial charge on any atom is -0.463 e. The molecule has 1 aromatic heterocycles. The van der Waals surface area contributed by atoms with Crippen LogP contribution in [-0.2, 0) is 0 Å². The highest BCUT2D eigenvalue weighted by molar-refractivity contribution is 9.10. The molecule has 0 aliphatic heterocycles. The van der Waals surface area contributed by atoms with Gasteiger partial charge in [0.15, 0.2) is 0 Å². The van der Waals surface area contributed by atoms with E-state index in [0.29, 0.717) is 12.6 Å². The van der Waals surface area contributed by atoms with Crippen LogP contribution in [0.25, 0.3) is 11.3 Å². The summed E-state index contributed by atoms with van der Waals surface area (Å²) in [5, 5.41) is 3.96. The van der Waals surface area contributed by atoms with E-state index < -0.39 is 0 Å². The van der Waals surface area contributed by atoms with E-state index >= 15 is 0 Å². The highest BCUT2D eigenvalue weighted by Gasteiger charge is 2.15. The van der Waals surface area contributed by atoms with Crippen LogP contribution in [0.2, 0.25) is 0 Å². The van der Waals surface area contributed by atoms with Gasteiger partial charge in [0.05, 0.1) is 6.61 Å². The molecule has 0 atom stereocenters. The molecule has 1 aromatic carbocycles. The predicted molar refractivity (Wildman–Crippen MR) is 60.8 cm³/mol. The smallest absolute Gasteiger partial charge is 0.326 e. The fourth-order valence-corrected chi connectivity index (χ4v) is 1.75. The average Bonchev–Trinajstić information content (AvgIpc) is 2.63. The molecule has 2 rings (SSSR count). The summed E-state index contributed by atoms with van der Waals surface area (Å²) in [7, 11) is 0. The summed E-state index contributed by atoms with van der Waals surface area (Å²) in [4.78, 5) is 0. The van der Waals surface area contributed by atoms with Crippen LogP contribution in [0.4, 0.5) is 0 Å². The molecule has 0 aliphatic carbocycles. The Morgan fingerprint density at radius 1 is 1.33 bits per heavy atom. The lowest BCUT2D eigenvalue weighted by atomic mass is 10.2. The van der Waals surface area contributed by atoms with Crippen molar-refractivity contribution >= 4 is 15.9 Å². The van der Waals surface area contributed by atoms with Crippen molar-refractivity contribution in [3.63, 3.8) is 0 Å². The van der Waals surface area contributed by atoms with E-state index in [1.165, 1.54) is 0 Å². The monoisotopic (exact) mass is 267 g/mol. The van der Waals surface area contributed by atoms with Gasteiger partial charge in [0.2, 0.25) is 0 Å². The number of hydrogen-bond acceptors (Lipinski definition) is 3. The van der Waals surface area contributed by atoms with Crippen LogP contribution in [0, 0.1) is 0 Å². The molecule has 4 heteroatoms. The molecule has 15 heavy (non-hydrogen) atoms. The number of nitrogens with zero attached hydrogens (tertiary/aromatic N) is 1. The van der Waals surface area contributed by atoms with E-state index in [4.69, 9.17) is 9.26 Å². The zero-order chi connectivity index (χ0) is 10.7. The van der Waals surface area contributed by atoms with Crippen LogP contribution in [0.15, 0.2) is 39.3 Å². The Kier molecular flexibility index (Phi) is 3.06. The Bertz CT molecular complexity index is 439.